The van der Waals surface area contributed by atoms with Crippen molar-refractivity contribution in [3.05, 3.63) is 29.8 Å². The van der Waals surface area contributed by atoms with E-state index in [-0.39, 0.29) is 29.6 Å². The molecule has 2 saturated carbocycles. The standard InChI is InChI=1S/C22H32N2O2.ClH/c1-16-4-2-7-19(12-16)26-15-17-5-3-6-18(13-17)24-21(25)20-14-22(20)8-10-23-11-9-22;/h3,5-6,13,16,19-20,23H,2,4,7-12,14-15H2,1H3,(H,24,25);1H. The zero-order valence-corrected chi connectivity index (χ0v) is 17.2. The van der Waals surface area contributed by atoms with Crippen LogP contribution in [0.1, 0.15) is 57.4 Å². The van der Waals surface area contributed by atoms with Crippen LogP contribution in [0.25, 0.3) is 0 Å². The zero-order chi connectivity index (χ0) is 18.0. The van der Waals surface area contributed by atoms with Crippen molar-refractivity contribution in [2.75, 3.05) is 18.4 Å². The van der Waals surface area contributed by atoms with Crippen LogP contribution in [-0.4, -0.2) is 25.1 Å². The molecule has 0 radical (unpaired) electrons. The Morgan fingerprint density at radius 2 is 2.11 bits per heavy atom. The lowest BCUT2D eigenvalue weighted by Crippen LogP contribution is -2.31. The molecule has 2 N–H and O–H groups in total. The number of halogens is 1. The van der Waals surface area contributed by atoms with Crippen LogP contribution in [0.2, 0.25) is 0 Å². The van der Waals surface area contributed by atoms with Gasteiger partial charge in [-0.15, -0.1) is 12.4 Å². The normalized spacial score (nSPS) is 29.0. The average Bonchev–Trinajstić information content (AvgIpc) is 3.34. The summed E-state index contributed by atoms with van der Waals surface area (Å²) in [5.41, 5.74) is 2.34. The third-order valence-corrected chi connectivity index (χ3v) is 6.67. The summed E-state index contributed by atoms with van der Waals surface area (Å²) >= 11 is 0. The fraction of sp³-hybridized carbons (Fsp3) is 0.682. The molecule has 0 bridgehead atoms. The van der Waals surface area contributed by atoms with Crippen LogP contribution < -0.4 is 10.6 Å². The maximum atomic E-state index is 12.6. The molecule has 27 heavy (non-hydrogen) atoms. The lowest BCUT2D eigenvalue weighted by molar-refractivity contribution is -0.118. The lowest BCUT2D eigenvalue weighted by Gasteiger charge is -2.26. The molecule has 1 aromatic carbocycles. The monoisotopic (exact) mass is 392 g/mol. The van der Waals surface area contributed by atoms with E-state index in [2.05, 4.69) is 29.7 Å². The summed E-state index contributed by atoms with van der Waals surface area (Å²) in [6.45, 7) is 5.06. The summed E-state index contributed by atoms with van der Waals surface area (Å²) in [5.74, 6) is 1.18. The first kappa shape index (κ1) is 20.6. The van der Waals surface area contributed by atoms with Gasteiger partial charge in [0.1, 0.15) is 0 Å². The number of hydrogen-bond donors (Lipinski definition) is 2. The number of carbonyl (C=O) groups excluding carboxylic acids is 1. The molecule has 5 heteroatoms. The Morgan fingerprint density at radius 3 is 2.89 bits per heavy atom. The second-order valence-electron chi connectivity index (χ2n) is 8.76. The summed E-state index contributed by atoms with van der Waals surface area (Å²) in [7, 11) is 0. The summed E-state index contributed by atoms with van der Waals surface area (Å²) in [6.07, 6.45) is 8.69. The van der Waals surface area contributed by atoms with Gasteiger partial charge in [0.15, 0.2) is 0 Å². The van der Waals surface area contributed by atoms with E-state index in [1.54, 1.807) is 0 Å². The van der Waals surface area contributed by atoms with Crippen molar-refractivity contribution < 1.29 is 9.53 Å². The third kappa shape index (κ3) is 5.04. The second-order valence-corrected chi connectivity index (χ2v) is 8.76. The molecule has 1 aliphatic heterocycles. The maximum Gasteiger partial charge on any atom is 0.228 e. The van der Waals surface area contributed by atoms with Crippen molar-refractivity contribution in [2.45, 2.75) is 64.6 Å². The fourth-order valence-corrected chi connectivity index (χ4v) is 4.91. The van der Waals surface area contributed by atoms with Crippen molar-refractivity contribution in [2.24, 2.45) is 17.3 Å². The van der Waals surface area contributed by atoms with Gasteiger partial charge in [-0.25, -0.2) is 0 Å². The average molecular weight is 393 g/mol. The smallest absolute Gasteiger partial charge is 0.228 e. The molecule has 0 aromatic heterocycles. The summed E-state index contributed by atoms with van der Waals surface area (Å²) in [5, 5.41) is 6.54. The Morgan fingerprint density at radius 1 is 1.30 bits per heavy atom. The lowest BCUT2D eigenvalue weighted by atomic mass is 9.89. The van der Waals surface area contributed by atoms with Gasteiger partial charge < -0.3 is 15.4 Å². The quantitative estimate of drug-likeness (QED) is 0.773. The van der Waals surface area contributed by atoms with Crippen LogP contribution in [0.4, 0.5) is 5.69 Å². The van der Waals surface area contributed by atoms with E-state index < -0.39 is 0 Å². The molecule has 4 nitrogen and oxygen atoms in total. The van der Waals surface area contributed by atoms with Crippen LogP contribution in [0, 0.1) is 17.3 Å². The van der Waals surface area contributed by atoms with E-state index in [0.717, 1.165) is 49.5 Å². The zero-order valence-electron chi connectivity index (χ0n) is 16.3. The highest BCUT2D eigenvalue weighted by Gasteiger charge is 2.57. The number of benzene rings is 1. The number of amides is 1. The first-order valence-corrected chi connectivity index (χ1v) is 10.4. The highest BCUT2D eigenvalue weighted by molar-refractivity contribution is 5.95. The Kier molecular flexibility index (Phi) is 6.83. The van der Waals surface area contributed by atoms with Gasteiger partial charge in [-0.3, -0.25) is 4.79 Å². The largest absolute Gasteiger partial charge is 0.374 e. The molecule has 2 aliphatic carbocycles. The summed E-state index contributed by atoms with van der Waals surface area (Å²) in [4.78, 5) is 12.6. The van der Waals surface area contributed by atoms with E-state index >= 15 is 0 Å². The van der Waals surface area contributed by atoms with Crippen LogP contribution in [0.15, 0.2) is 24.3 Å². The van der Waals surface area contributed by atoms with Gasteiger partial charge in [0.05, 0.1) is 12.7 Å². The number of rotatable bonds is 5. The molecule has 1 heterocycles. The molecule has 1 spiro atoms. The number of carbonyl (C=O) groups is 1. The van der Waals surface area contributed by atoms with Gasteiger partial charge in [-0.05, 0) is 74.2 Å². The van der Waals surface area contributed by atoms with Gasteiger partial charge in [0.25, 0.3) is 0 Å². The molecular weight excluding hydrogens is 360 g/mol. The number of hydrogen-bond acceptors (Lipinski definition) is 3. The fourth-order valence-electron chi connectivity index (χ4n) is 4.91. The van der Waals surface area contributed by atoms with E-state index in [4.69, 9.17) is 4.74 Å². The highest BCUT2D eigenvalue weighted by Crippen LogP contribution is 2.58. The molecule has 3 aliphatic rings. The van der Waals surface area contributed by atoms with Crippen LogP contribution in [0.3, 0.4) is 0 Å². The Hall–Kier alpha value is -1.10. The Bertz CT molecular complexity index is 645. The number of ether oxygens (including phenoxy) is 1. The summed E-state index contributed by atoms with van der Waals surface area (Å²) in [6, 6.07) is 8.17. The molecule has 4 rings (SSSR count). The molecule has 1 amide bonds. The Balaban J connectivity index is 0.00000210. The van der Waals surface area contributed by atoms with Crippen molar-refractivity contribution in [1.29, 1.82) is 0 Å². The van der Waals surface area contributed by atoms with Crippen LogP contribution in [0.5, 0.6) is 0 Å². The highest BCUT2D eigenvalue weighted by atomic mass is 35.5. The van der Waals surface area contributed by atoms with E-state index in [9.17, 15) is 4.79 Å². The first-order valence-electron chi connectivity index (χ1n) is 10.4. The minimum absolute atomic E-state index is 0. The molecular formula is C22H33ClN2O2. The Labute approximate surface area is 169 Å². The summed E-state index contributed by atoms with van der Waals surface area (Å²) < 4.78 is 6.13. The topological polar surface area (TPSA) is 50.4 Å². The molecule has 1 saturated heterocycles. The van der Waals surface area contributed by atoms with Gasteiger partial charge >= 0.3 is 0 Å². The number of nitrogens with one attached hydrogen (secondary N) is 2. The van der Waals surface area contributed by atoms with E-state index in [0.29, 0.717) is 12.7 Å². The van der Waals surface area contributed by atoms with Crippen molar-refractivity contribution in [1.82, 2.24) is 5.32 Å². The third-order valence-electron chi connectivity index (χ3n) is 6.67. The molecule has 3 unspecified atom stereocenters. The van der Waals surface area contributed by atoms with Gasteiger partial charge in [0, 0.05) is 11.6 Å². The number of anilines is 1. The molecule has 3 atom stereocenters. The van der Waals surface area contributed by atoms with Crippen LogP contribution in [-0.2, 0) is 16.1 Å². The van der Waals surface area contributed by atoms with Crippen LogP contribution >= 0.6 is 12.4 Å². The van der Waals surface area contributed by atoms with Crippen molar-refractivity contribution >= 4 is 24.0 Å². The maximum absolute atomic E-state index is 12.6. The van der Waals surface area contributed by atoms with Gasteiger partial charge in [0.2, 0.25) is 5.91 Å². The van der Waals surface area contributed by atoms with Gasteiger partial charge in [-0.2, -0.15) is 0 Å². The molecule has 1 aromatic rings. The minimum Gasteiger partial charge on any atom is -0.374 e. The molecule has 3 fully saturated rings. The van der Waals surface area contributed by atoms with Gasteiger partial charge in [-0.1, -0.05) is 31.9 Å². The predicted octanol–water partition coefficient (Wildman–Crippen LogP) is 4.53. The van der Waals surface area contributed by atoms with Crippen molar-refractivity contribution in [3.8, 4) is 0 Å². The van der Waals surface area contributed by atoms with E-state index in [1.165, 1.54) is 25.7 Å². The van der Waals surface area contributed by atoms with E-state index in [1.807, 2.05) is 12.1 Å². The minimum atomic E-state index is 0. The van der Waals surface area contributed by atoms with Crippen molar-refractivity contribution in [3.63, 3.8) is 0 Å². The predicted molar refractivity (Wildman–Crippen MR) is 111 cm³/mol. The SMILES string of the molecule is CC1CCCC(OCc2cccc(NC(=O)C3CC34CCNCC4)c2)C1.Cl. The second kappa shape index (κ2) is 8.93. The first-order chi connectivity index (χ1) is 12.6. The molecule has 150 valence electrons. The number of piperidine rings is 1.